The average Bonchev–Trinajstić information content (AvgIpc) is 3.50. The fourth-order valence-corrected chi connectivity index (χ4v) is 5.47. The normalized spacial score (nSPS) is 23.9. The van der Waals surface area contributed by atoms with Gasteiger partial charge in [0.25, 0.3) is 0 Å². The third-order valence-electron chi connectivity index (χ3n) is 7.99. The lowest BCUT2D eigenvalue weighted by atomic mass is 9.67. The Morgan fingerprint density at radius 3 is 2.63 bits per heavy atom. The molecule has 1 saturated carbocycles. The molecule has 2 radical (unpaired) electrons. The van der Waals surface area contributed by atoms with Crippen LogP contribution in [0.2, 0.25) is 5.31 Å². The zero-order valence-corrected chi connectivity index (χ0v) is 20.4. The Hall–Kier alpha value is -3.08. The van der Waals surface area contributed by atoms with E-state index in [1.807, 2.05) is 36.4 Å². The van der Waals surface area contributed by atoms with Crippen molar-refractivity contribution >= 4 is 19.7 Å². The predicted octanol–water partition coefficient (Wildman–Crippen LogP) is 3.46. The summed E-state index contributed by atoms with van der Waals surface area (Å²) in [4.78, 5) is 25.3. The number of anilines is 1. The van der Waals surface area contributed by atoms with Crippen LogP contribution in [0.25, 0.3) is 0 Å². The Morgan fingerprint density at radius 1 is 1.23 bits per heavy atom. The molecule has 35 heavy (non-hydrogen) atoms. The molecule has 8 heteroatoms. The zero-order valence-electron chi connectivity index (χ0n) is 20.4. The quantitative estimate of drug-likeness (QED) is 0.551. The molecular formula is C27H32BN5O2. The summed E-state index contributed by atoms with van der Waals surface area (Å²) in [6.07, 6.45) is 9.16. The second-order valence-corrected chi connectivity index (χ2v) is 10.3. The van der Waals surface area contributed by atoms with Crippen molar-refractivity contribution in [1.82, 2.24) is 14.9 Å². The van der Waals surface area contributed by atoms with Crippen LogP contribution in [0.4, 0.5) is 5.95 Å². The molecule has 1 aromatic carbocycles. The molecule has 7 nitrogen and oxygen atoms in total. The number of rotatable bonds is 8. The van der Waals surface area contributed by atoms with Gasteiger partial charge in [-0.3, -0.25) is 4.79 Å². The van der Waals surface area contributed by atoms with Crippen molar-refractivity contribution in [3.05, 3.63) is 47.3 Å². The van der Waals surface area contributed by atoms with Gasteiger partial charge in [-0.25, -0.2) is 9.97 Å². The van der Waals surface area contributed by atoms with E-state index in [2.05, 4.69) is 20.9 Å². The topological polar surface area (TPSA) is 82.3 Å². The maximum Gasteiger partial charge on any atom is 0.227 e. The fourth-order valence-electron chi connectivity index (χ4n) is 5.47. The van der Waals surface area contributed by atoms with Gasteiger partial charge < -0.3 is 14.5 Å². The number of hydrogen-bond acceptors (Lipinski definition) is 6. The smallest absolute Gasteiger partial charge is 0.227 e. The van der Waals surface area contributed by atoms with Crippen molar-refractivity contribution in [2.24, 2.45) is 11.8 Å². The Balaban J connectivity index is 1.08. The van der Waals surface area contributed by atoms with Gasteiger partial charge in [0.2, 0.25) is 11.9 Å². The first-order chi connectivity index (χ1) is 17.0. The van der Waals surface area contributed by atoms with Crippen molar-refractivity contribution in [2.45, 2.75) is 50.8 Å². The number of ether oxygens (including phenoxy) is 1. The van der Waals surface area contributed by atoms with Gasteiger partial charge in [-0.1, -0.05) is 17.8 Å². The van der Waals surface area contributed by atoms with Gasteiger partial charge >= 0.3 is 0 Å². The minimum atomic E-state index is -0.0948. The molecule has 3 aliphatic rings. The van der Waals surface area contributed by atoms with Crippen LogP contribution >= 0.6 is 0 Å². The van der Waals surface area contributed by atoms with Gasteiger partial charge in [-0.15, -0.1) is 0 Å². The van der Waals surface area contributed by atoms with Gasteiger partial charge in [-0.2, -0.15) is 5.26 Å². The molecule has 2 unspecified atom stereocenters. The number of amides is 1. The predicted molar refractivity (Wildman–Crippen MR) is 134 cm³/mol. The summed E-state index contributed by atoms with van der Waals surface area (Å²) in [6.45, 7) is 6.12. The molecule has 3 fully saturated rings. The Kier molecular flexibility index (Phi) is 6.68. The zero-order chi connectivity index (χ0) is 24.4. The van der Waals surface area contributed by atoms with Crippen LogP contribution in [-0.2, 0) is 11.2 Å². The molecule has 5 rings (SSSR count). The van der Waals surface area contributed by atoms with Crippen LogP contribution in [-0.4, -0.2) is 61.4 Å². The first-order valence-electron chi connectivity index (χ1n) is 12.7. The highest BCUT2D eigenvalue weighted by Crippen LogP contribution is 2.66. The number of likely N-dealkylation sites (tertiary alicyclic amines) is 1. The largest absolute Gasteiger partial charge is 0.494 e. The summed E-state index contributed by atoms with van der Waals surface area (Å²) in [5.74, 6) is 2.57. The lowest BCUT2D eigenvalue weighted by Crippen LogP contribution is -2.42. The first-order valence-corrected chi connectivity index (χ1v) is 12.7. The van der Waals surface area contributed by atoms with E-state index < -0.39 is 0 Å². The van der Waals surface area contributed by atoms with Gasteiger partial charge in [0.1, 0.15) is 5.75 Å². The van der Waals surface area contributed by atoms with Gasteiger partial charge in [0.15, 0.2) is 0 Å². The van der Waals surface area contributed by atoms with Crippen LogP contribution in [0.15, 0.2) is 30.6 Å². The van der Waals surface area contributed by atoms with Crippen molar-refractivity contribution in [2.75, 3.05) is 37.7 Å². The molecule has 2 saturated heterocycles. The van der Waals surface area contributed by atoms with E-state index in [0.29, 0.717) is 29.8 Å². The first kappa shape index (κ1) is 23.7. The van der Waals surface area contributed by atoms with E-state index in [1.165, 1.54) is 0 Å². The highest BCUT2D eigenvalue weighted by atomic mass is 16.5. The molecule has 2 aliphatic heterocycles. The third kappa shape index (κ3) is 5.14. The van der Waals surface area contributed by atoms with Gasteiger partial charge in [0, 0.05) is 38.6 Å². The third-order valence-corrected chi connectivity index (χ3v) is 7.99. The molecule has 2 aromatic rings. The molecular weight excluding hydrogens is 437 g/mol. The molecule has 0 bridgehead atoms. The number of nitrogens with zero attached hydrogens (tertiary/aromatic N) is 5. The van der Waals surface area contributed by atoms with Gasteiger partial charge in [-0.05, 0) is 67.7 Å². The number of nitriles is 1. The average molecular weight is 469 g/mol. The molecule has 0 N–H and O–H groups in total. The lowest BCUT2D eigenvalue weighted by Gasteiger charge is -2.36. The Labute approximate surface area is 208 Å². The minimum absolute atomic E-state index is 0.0895. The van der Waals surface area contributed by atoms with Crippen LogP contribution in [0, 0.1) is 30.1 Å². The van der Waals surface area contributed by atoms with Crippen molar-refractivity contribution in [1.29, 1.82) is 5.26 Å². The van der Waals surface area contributed by atoms with E-state index in [0.717, 1.165) is 75.4 Å². The summed E-state index contributed by atoms with van der Waals surface area (Å²) < 4.78 is 5.98. The van der Waals surface area contributed by atoms with Crippen LogP contribution < -0.4 is 9.64 Å². The summed E-state index contributed by atoms with van der Waals surface area (Å²) in [6, 6.07) is 7.69. The summed E-state index contributed by atoms with van der Waals surface area (Å²) >= 11 is 0. The van der Waals surface area contributed by atoms with Gasteiger partial charge in [0.05, 0.1) is 32.5 Å². The maximum atomic E-state index is 12.3. The number of carbonyl (C=O) groups is 1. The number of aryl methyl sites for hydroxylation is 1. The van der Waals surface area contributed by atoms with Crippen LogP contribution in [0.3, 0.4) is 0 Å². The van der Waals surface area contributed by atoms with Crippen molar-refractivity contribution in [3.63, 3.8) is 0 Å². The number of benzene rings is 1. The molecule has 180 valence electrons. The van der Waals surface area contributed by atoms with E-state index in [9.17, 15) is 10.1 Å². The number of piperidine rings is 1. The minimum Gasteiger partial charge on any atom is -0.494 e. The van der Waals surface area contributed by atoms with Crippen LogP contribution in [0.1, 0.15) is 48.8 Å². The van der Waals surface area contributed by atoms with Crippen molar-refractivity contribution in [3.8, 4) is 11.8 Å². The SMILES string of the molecule is [B]C1(C2CCN(c3ncc(C)cn3)CC2)CC1CCOc1ccc(CC(=O)N2CCC2)c(C#N)c1. The molecule has 3 heterocycles. The molecule has 0 spiro atoms. The number of carbonyl (C=O) groups excluding carboxylic acids is 1. The van der Waals surface area contributed by atoms with E-state index in [-0.39, 0.29) is 17.6 Å². The number of hydrogen-bond donors (Lipinski definition) is 0. The molecule has 1 aromatic heterocycles. The van der Waals surface area contributed by atoms with Crippen molar-refractivity contribution < 1.29 is 9.53 Å². The standard InChI is InChI=1S/C27H32BN5O2/c1-19-17-30-26(31-18-19)33-10-5-22(6-11-33)27(28)15-23(27)7-12-35-24-4-3-20(21(13-24)16-29)14-25(34)32-8-2-9-32/h3-4,13,17-18,22-23H,2,5-12,14-15H2,1H3. The lowest BCUT2D eigenvalue weighted by molar-refractivity contribution is -0.133. The summed E-state index contributed by atoms with van der Waals surface area (Å²) in [5.41, 5.74) is 2.35. The highest BCUT2D eigenvalue weighted by molar-refractivity contribution is 6.18. The molecule has 1 amide bonds. The molecule has 2 atom stereocenters. The Morgan fingerprint density at radius 2 is 1.97 bits per heavy atom. The molecule has 1 aliphatic carbocycles. The summed E-state index contributed by atoms with van der Waals surface area (Å²) in [7, 11) is 6.82. The van der Waals surface area contributed by atoms with E-state index >= 15 is 0 Å². The van der Waals surface area contributed by atoms with E-state index in [1.54, 1.807) is 6.07 Å². The second kappa shape index (κ2) is 9.89. The number of aromatic nitrogens is 2. The maximum absolute atomic E-state index is 12.3. The van der Waals surface area contributed by atoms with Crippen LogP contribution in [0.5, 0.6) is 5.75 Å². The van der Waals surface area contributed by atoms with E-state index in [4.69, 9.17) is 12.6 Å². The second-order valence-electron chi connectivity index (χ2n) is 10.3. The Bertz CT molecular complexity index is 1110. The highest BCUT2D eigenvalue weighted by Gasteiger charge is 2.53. The monoisotopic (exact) mass is 469 g/mol. The summed E-state index contributed by atoms with van der Waals surface area (Å²) in [5, 5.41) is 9.45. The fraction of sp³-hybridized carbons (Fsp3) is 0.556.